The maximum Gasteiger partial charge on any atom is 0.393 e. The standard InChI is InChI=1S/C16H18F3N5O/c17-16(18,19)13-3-1-2-4-14(13)21-15(25)9-11-5-7-12(8-6-11)24-10-20-22-23-24/h5-8,10,13-14H,1-4,9H2,(H,21,25)/t13-,14-/m1/s1. The van der Waals surface area contributed by atoms with Crippen LogP contribution in [0, 0.1) is 5.92 Å². The maximum absolute atomic E-state index is 13.1. The van der Waals surface area contributed by atoms with Crippen molar-refractivity contribution in [1.29, 1.82) is 0 Å². The average Bonchev–Trinajstić information content (AvgIpc) is 3.09. The minimum absolute atomic E-state index is 0.0387. The van der Waals surface area contributed by atoms with E-state index in [4.69, 9.17) is 0 Å². The Morgan fingerprint density at radius 1 is 1.20 bits per heavy atom. The molecule has 2 atom stereocenters. The lowest BCUT2D eigenvalue weighted by molar-refractivity contribution is -0.189. The quantitative estimate of drug-likeness (QED) is 0.916. The average molecular weight is 353 g/mol. The largest absolute Gasteiger partial charge is 0.393 e. The summed E-state index contributed by atoms with van der Waals surface area (Å²) in [5.74, 6) is -1.84. The van der Waals surface area contributed by atoms with Gasteiger partial charge in [0.2, 0.25) is 5.91 Å². The second-order valence-corrected chi connectivity index (χ2v) is 6.20. The van der Waals surface area contributed by atoms with Crippen molar-refractivity contribution in [3.8, 4) is 5.69 Å². The molecule has 6 nitrogen and oxygen atoms in total. The van der Waals surface area contributed by atoms with Crippen LogP contribution in [-0.2, 0) is 11.2 Å². The van der Waals surface area contributed by atoms with Crippen molar-refractivity contribution < 1.29 is 18.0 Å². The lowest BCUT2D eigenvalue weighted by atomic mass is 9.84. The summed E-state index contributed by atoms with van der Waals surface area (Å²) in [4.78, 5) is 12.2. The lowest BCUT2D eigenvalue weighted by Crippen LogP contribution is -2.48. The van der Waals surface area contributed by atoms with Gasteiger partial charge in [-0.3, -0.25) is 4.79 Å². The number of alkyl halides is 3. The number of aromatic nitrogens is 4. The summed E-state index contributed by atoms with van der Waals surface area (Å²) in [5, 5.41) is 13.4. The topological polar surface area (TPSA) is 72.7 Å². The van der Waals surface area contributed by atoms with Crippen LogP contribution in [0.2, 0.25) is 0 Å². The number of halogens is 3. The molecule has 25 heavy (non-hydrogen) atoms. The van der Waals surface area contributed by atoms with Crippen molar-refractivity contribution in [1.82, 2.24) is 25.5 Å². The van der Waals surface area contributed by atoms with Crippen molar-refractivity contribution in [3.63, 3.8) is 0 Å². The van der Waals surface area contributed by atoms with E-state index in [0.29, 0.717) is 24.8 Å². The molecule has 1 aromatic carbocycles. The third kappa shape index (κ3) is 4.34. The van der Waals surface area contributed by atoms with Gasteiger partial charge in [0.25, 0.3) is 0 Å². The fourth-order valence-corrected chi connectivity index (χ4v) is 3.18. The Bertz CT molecular complexity index is 700. The van der Waals surface area contributed by atoms with Crippen LogP contribution in [0.3, 0.4) is 0 Å². The van der Waals surface area contributed by atoms with Gasteiger partial charge >= 0.3 is 6.18 Å². The van der Waals surface area contributed by atoms with E-state index in [1.165, 1.54) is 11.0 Å². The van der Waals surface area contributed by atoms with Crippen LogP contribution in [0.25, 0.3) is 5.69 Å². The van der Waals surface area contributed by atoms with Crippen LogP contribution in [0.1, 0.15) is 31.2 Å². The number of benzene rings is 1. The van der Waals surface area contributed by atoms with Crippen LogP contribution in [0.5, 0.6) is 0 Å². The highest BCUT2D eigenvalue weighted by Crippen LogP contribution is 2.37. The highest BCUT2D eigenvalue weighted by molar-refractivity contribution is 5.79. The fourth-order valence-electron chi connectivity index (χ4n) is 3.18. The van der Waals surface area contributed by atoms with Gasteiger partial charge < -0.3 is 5.32 Å². The fraction of sp³-hybridized carbons (Fsp3) is 0.500. The first-order valence-electron chi connectivity index (χ1n) is 8.12. The molecular formula is C16H18F3N5O. The smallest absolute Gasteiger partial charge is 0.352 e. The van der Waals surface area contributed by atoms with Crippen molar-refractivity contribution in [3.05, 3.63) is 36.2 Å². The van der Waals surface area contributed by atoms with Crippen LogP contribution in [0.4, 0.5) is 13.2 Å². The number of hydrogen-bond acceptors (Lipinski definition) is 4. The summed E-state index contributed by atoms with van der Waals surface area (Å²) >= 11 is 0. The molecule has 1 heterocycles. The van der Waals surface area contributed by atoms with Gasteiger partial charge in [-0.25, -0.2) is 4.68 Å². The monoisotopic (exact) mass is 353 g/mol. The summed E-state index contributed by atoms with van der Waals surface area (Å²) in [7, 11) is 0. The highest BCUT2D eigenvalue weighted by atomic mass is 19.4. The van der Waals surface area contributed by atoms with Crippen LogP contribution < -0.4 is 5.32 Å². The molecule has 0 bridgehead atoms. The number of carbonyl (C=O) groups is 1. The molecule has 0 spiro atoms. The van der Waals surface area contributed by atoms with Gasteiger partial charge in [-0.1, -0.05) is 25.0 Å². The van der Waals surface area contributed by atoms with E-state index in [0.717, 1.165) is 5.69 Å². The predicted octanol–water partition coefficient (Wildman–Crippen LogP) is 2.44. The lowest BCUT2D eigenvalue weighted by Gasteiger charge is -2.33. The Balaban J connectivity index is 1.60. The number of carbonyl (C=O) groups excluding carboxylic acids is 1. The van der Waals surface area contributed by atoms with E-state index in [1.807, 2.05) is 0 Å². The first-order valence-corrected chi connectivity index (χ1v) is 8.12. The van der Waals surface area contributed by atoms with Crippen LogP contribution >= 0.6 is 0 Å². The normalized spacial score (nSPS) is 21.1. The molecule has 1 aliphatic rings. The molecule has 3 rings (SSSR count). The first kappa shape index (κ1) is 17.4. The van der Waals surface area contributed by atoms with Gasteiger partial charge in [-0.2, -0.15) is 13.2 Å². The third-order valence-electron chi connectivity index (χ3n) is 4.45. The maximum atomic E-state index is 13.1. The molecule has 9 heteroatoms. The van der Waals surface area contributed by atoms with Gasteiger partial charge in [0, 0.05) is 6.04 Å². The minimum Gasteiger partial charge on any atom is -0.352 e. The van der Waals surface area contributed by atoms with Crippen LogP contribution in [0.15, 0.2) is 30.6 Å². The zero-order valence-corrected chi connectivity index (χ0v) is 13.4. The Morgan fingerprint density at radius 3 is 2.56 bits per heavy atom. The van der Waals surface area contributed by atoms with Crippen molar-refractivity contribution >= 4 is 5.91 Å². The zero-order valence-electron chi connectivity index (χ0n) is 13.4. The number of rotatable bonds is 4. The molecule has 1 aromatic heterocycles. The van der Waals surface area contributed by atoms with Crippen molar-refractivity contribution in [2.45, 2.75) is 44.3 Å². The number of hydrogen-bond donors (Lipinski definition) is 1. The molecule has 0 aliphatic heterocycles. The summed E-state index contributed by atoms with van der Waals surface area (Å²) in [6, 6.07) is 6.13. The zero-order chi connectivity index (χ0) is 17.9. The second kappa shape index (κ2) is 7.20. The Kier molecular flexibility index (Phi) is 5.00. The summed E-state index contributed by atoms with van der Waals surface area (Å²) in [6.07, 6.45) is -1.08. The molecule has 1 aliphatic carbocycles. The molecule has 1 fully saturated rings. The molecular weight excluding hydrogens is 335 g/mol. The Hall–Kier alpha value is -2.45. The van der Waals surface area contributed by atoms with Gasteiger partial charge in [-0.05, 0) is 41.0 Å². The van der Waals surface area contributed by atoms with Gasteiger partial charge in [0.1, 0.15) is 6.33 Å². The molecule has 2 aromatic rings. The molecule has 1 amide bonds. The number of tetrazole rings is 1. The molecule has 1 saturated carbocycles. The van der Waals surface area contributed by atoms with E-state index < -0.39 is 24.0 Å². The summed E-state index contributed by atoms with van der Waals surface area (Å²) < 4.78 is 40.7. The van der Waals surface area contributed by atoms with Crippen LogP contribution in [-0.4, -0.2) is 38.3 Å². The second-order valence-electron chi connectivity index (χ2n) is 6.20. The van der Waals surface area contributed by atoms with E-state index >= 15 is 0 Å². The molecule has 1 N–H and O–H groups in total. The SMILES string of the molecule is O=C(Cc1ccc(-n2cnnn2)cc1)N[C@@H]1CCCC[C@H]1C(F)(F)F. The number of nitrogens with zero attached hydrogens (tertiary/aromatic N) is 4. The van der Waals surface area contributed by atoms with E-state index in [9.17, 15) is 18.0 Å². The number of nitrogens with one attached hydrogen (secondary N) is 1. The van der Waals surface area contributed by atoms with Crippen molar-refractivity contribution in [2.24, 2.45) is 5.92 Å². The van der Waals surface area contributed by atoms with E-state index in [2.05, 4.69) is 20.8 Å². The highest BCUT2D eigenvalue weighted by Gasteiger charge is 2.45. The Morgan fingerprint density at radius 2 is 1.92 bits per heavy atom. The summed E-state index contributed by atoms with van der Waals surface area (Å²) in [5.41, 5.74) is 1.45. The van der Waals surface area contributed by atoms with E-state index in [1.54, 1.807) is 24.3 Å². The number of amides is 1. The molecule has 134 valence electrons. The predicted molar refractivity (Wildman–Crippen MR) is 82.8 cm³/mol. The van der Waals surface area contributed by atoms with Gasteiger partial charge in [0.05, 0.1) is 18.0 Å². The van der Waals surface area contributed by atoms with Crippen molar-refractivity contribution in [2.75, 3.05) is 0 Å². The van der Waals surface area contributed by atoms with Gasteiger partial charge in [-0.15, -0.1) is 5.10 Å². The molecule has 0 radical (unpaired) electrons. The molecule has 0 unspecified atom stereocenters. The third-order valence-corrected chi connectivity index (χ3v) is 4.45. The van der Waals surface area contributed by atoms with E-state index in [-0.39, 0.29) is 12.8 Å². The minimum atomic E-state index is -4.27. The van der Waals surface area contributed by atoms with Gasteiger partial charge in [0.15, 0.2) is 0 Å². The molecule has 0 saturated heterocycles. The summed E-state index contributed by atoms with van der Waals surface area (Å²) in [6.45, 7) is 0. The first-order chi connectivity index (χ1) is 11.9. The Labute approximate surface area is 142 Å².